The molecule has 0 spiro atoms. The molecule has 46 heavy (non-hydrogen) atoms. The molecular formula is C33H31HsN6O6-. The fourth-order valence-electron chi connectivity index (χ4n) is 5.64. The molecule has 232 valence electrons. The standard InChI is InChI=1S/C33H31N6O6.Hs/c1-3-42-32-34-28-15-9-14-27(31(40)43-21(2)44-33(41)45-24-10-5-4-6-11-24)29(28)39(32)20-22-16-18-23(19-17-22)25-12-7-8-13-26(25)30-35-37-38-36-30;/h7-9,12-19,21,24,30H,4-6,10-11,20H2,2H3,(H,35,38)(H,36,37);/q-1;. The summed E-state index contributed by atoms with van der Waals surface area (Å²) in [6, 6.07) is 20.9. The number of hydrogen-bond donors (Lipinski definition) is 2. The number of carbonyl (C=O) groups excluding carboxylic acids is 2. The van der Waals surface area contributed by atoms with Gasteiger partial charge in [0.1, 0.15) is 6.10 Å². The van der Waals surface area contributed by atoms with E-state index >= 15 is 0 Å². The third kappa shape index (κ3) is 6.71. The van der Waals surface area contributed by atoms with Crippen molar-refractivity contribution >= 4 is 23.2 Å². The Labute approximate surface area is 259 Å². The number of esters is 1. The van der Waals surface area contributed by atoms with Crippen molar-refractivity contribution < 1.29 is 28.5 Å². The molecule has 2 heterocycles. The van der Waals surface area contributed by atoms with Crippen LogP contribution in [-0.4, -0.2) is 34.1 Å². The summed E-state index contributed by atoms with van der Waals surface area (Å²) >= 11 is 0. The van der Waals surface area contributed by atoms with E-state index in [1.54, 1.807) is 22.8 Å². The third-order valence-electron chi connectivity index (χ3n) is 7.73. The van der Waals surface area contributed by atoms with Crippen LogP contribution in [0.15, 0.2) is 77.1 Å². The zero-order valence-electron chi connectivity index (χ0n) is 25.3. The predicted octanol–water partition coefficient (Wildman–Crippen LogP) is 6.14. The van der Waals surface area contributed by atoms with Crippen molar-refractivity contribution in [3.8, 4) is 23.2 Å². The molecule has 2 aliphatic rings. The van der Waals surface area contributed by atoms with Gasteiger partial charge in [0.2, 0.25) is 6.29 Å². The average molecular weight is 877 g/mol. The number of para-hydroxylation sites is 1. The smallest absolute Gasteiger partial charge is 0.511 e. The van der Waals surface area contributed by atoms with Crippen LogP contribution >= 0.6 is 0 Å². The summed E-state index contributed by atoms with van der Waals surface area (Å²) in [6.07, 6.45) is 11.5. The van der Waals surface area contributed by atoms with Crippen LogP contribution in [0.3, 0.4) is 0 Å². The van der Waals surface area contributed by atoms with Gasteiger partial charge in [0.05, 0.1) is 23.1 Å². The van der Waals surface area contributed by atoms with Gasteiger partial charge in [-0.1, -0.05) is 66.2 Å². The fraction of sp³-hybridized carbons (Fsp3) is 0.303. The first-order valence-electron chi connectivity index (χ1n) is 14.7. The van der Waals surface area contributed by atoms with Crippen molar-refractivity contribution in [3.05, 3.63) is 89.8 Å². The number of nitrogens with one attached hydrogen (secondary N) is 2. The van der Waals surface area contributed by atoms with Gasteiger partial charge in [-0.3, -0.25) is 4.57 Å². The molecule has 3 aromatic carbocycles. The van der Waals surface area contributed by atoms with Gasteiger partial charge in [-0.2, -0.15) is 10.4 Å². The van der Waals surface area contributed by atoms with Crippen molar-refractivity contribution in [1.82, 2.24) is 20.5 Å². The van der Waals surface area contributed by atoms with E-state index in [1.165, 1.54) is 6.92 Å². The summed E-state index contributed by atoms with van der Waals surface area (Å²) in [5.41, 5.74) is 10.6. The third-order valence-corrected chi connectivity index (χ3v) is 7.73. The minimum Gasteiger partial charge on any atom is -0.647 e. The summed E-state index contributed by atoms with van der Waals surface area (Å²) in [4.78, 5) is 30.1. The Morgan fingerprint density at radius 2 is 1.80 bits per heavy atom. The van der Waals surface area contributed by atoms with E-state index < -0.39 is 18.4 Å². The van der Waals surface area contributed by atoms with Crippen LogP contribution < -0.4 is 15.7 Å². The molecule has 6 rings (SSSR count). The van der Waals surface area contributed by atoms with E-state index in [9.17, 15) is 9.59 Å². The molecular weight excluding hydrogens is 845 g/mol. The SMILES string of the molecule is [C-]#COc1nc2cccc(C(=O)OC(C)OC(=O)OC3CCCCC3)c2n1Cc1ccc(-c2ccccc2C2N=NNN2)cc1.[Hs]. The number of nitrogens with zero attached hydrogens (tertiary/aromatic N) is 4. The van der Waals surface area contributed by atoms with Crippen molar-refractivity contribution in [1.29, 1.82) is 0 Å². The second-order valence-corrected chi connectivity index (χ2v) is 10.7. The summed E-state index contributed by atoms with van der Waals surface area (Å²) in [7, 11) is 0. The molecule has 1 aliphatic heterocycles. The number of rotatable bonds is 9. The van der Waals surface area contributed by atoms with Gasteiger partial charge in [-0.25, -0.2) is 15.1 Å². The van der Waals surface area contributed by atoms with E-state index in [0.29, 0.717) is 11.0 Å². The largest absolute Gasteiger partial charge is 0.647 e. The summed E-state index contributed by atoms with van der Waals surface area (Å²) in [5.74, 6) is -0.718. The van der Waals surface area contributed by atoms with Crippen molar-refractivity contribution in [3.63, 3.8) is 0 Å². The second-order valence-electron chi connectivity index (χ2n) is 10.7. The Kier molecular flexibility index (Phi) is 9.39. The maximum atomic E-state index is 13.3. The monoisotopic (exact) mass is 876 g/mol. The van der Waals surface area contributed by atoms with Crippen molar-refractivity contribution in [2.45, 2.75) is 64.1 Å². The Hall–Kier alpha value is -6.41. The van der Waals surface area contributed by atoms with Crippen LogP contribution in [0.1, 0.15) is 66.7 Å². The fourth-order valence-corrected chi connectivity index (χ4v) is 5.64. The van der Waals surface area contributed by atoms with Crippen LogP contribution in [0, 0.1) is 12.5 Å². The van der Waals surface area contributed by atoms with E-state index in [0.717, 1.165) is 54.4 Å². The molecule has 0 bridgehead atoms. The molecule has 2 atom stereocenters. The van der Waals surface area contributed by atoms with Gasteiger partial charge in [-0.15, -0.1) is 11.2 Å². The first-order chi connectivity index (χ1) is 22.0. The minimum absolute atomic E-state index is 0. The van der Waals surface area contributed by atoms with Gasteiger partial charge in [0, 0.05) is 12.5 Å². The molecule has 1 aliphatic carbocycles. The van der Waals surface area contributed by atoms with Crippen LogP contribution in [0.4, 0.5) is 4.79 Å². The zero-order valence-corrected chi connectivity index (χ0v) is 31.8. The molecule has 2 N–H and O–H groups in total. The molecule has 4 aromatic rings. The molecule has 12 nitrogen and oxygen atoms in total. The second kappa shape index (κ2) is 13.9. The molecule has 13 heteroatoms. The first kappa shape index (κ1) is 31.0. The first-order valence-corrected chi connectivity index (χ1v) is 14.7. The maximum Gasteiger partial charge on any atom is 0.511 e. The van der Waals surface area contributed by atoms with Gasteiger partial charge < -0.3 is 25.4 Å². The van der Waals surface area contributed by atoms with E-state index in [2.05, 4.69) is 26.3 Å². The molecule has 1 fully saturated rings. The van der Waals surface area contributed by atoms with Crippen LogP contribution in [0.2, 0.25) is 0 Å². The zero-order chi connectivity index (χ0) is 31.2. The number of fused-ring (bicyclic) bond motifs is 1. The number of ether oxygens (including phenoxy) is 4. The number of benzene rings is 3. The number of imidazole rings is 1. The van der Waals surface area contributed by atoms with E-state index in [1.807, 2.05) is 54.6 Å². The normalized spacial score (nSPS) is 16.5. The number of hydrazine groups is 1. The van der Waals surface area contributed by atoms with Crippen LogP contribution in [-0.2, 0) is 20.8 Å². The van der Waals surface area contributed by atoms with E-state index in [4.69, 9.17) is 25.4 Å². The Morgan fingerprint density at radius 3 is 2.54 bits per heavy atom. The Morgan fingerprint density at radius 1 is 1.02 bits per heavy atom. The molecule has 2 unspecified atom stereocenters. The number of aromatic nitrogens is 2. The summed E-state index contributed by atoms with van der Waals surface area (Å²) < 4.78 is 23.0. The summed E-state index contributed by atoms with van der Waals surface area (Å²) in [5, 5.41) is 8.00. The number of hydrogen-bond acceptors (Lipinski definition) is 11. The molecule has 0 radical (unpaired) electrons. The topological polar surface area (TPSA) is 138 Å². The molecule has 0 amide bonds. The molecule has 1 aromatic heterocycles. The van der Waals surface area contributed by atoms with Crippen LogP contribution in [0.25, 0.3) is 22.2 Å². The maximum absolute atomic E-state index is 13.3. The van der Waals surface area contributed by atoms with Gasteiger partial charge in [0.15, 0.2) is 6.17 Å². The Bertz CT molecular complexity index is 1760. The molecule has 1 saturated carbocycles. The number of carbonyl (C=O) groups is 2. The minimum atomic E-state index is -1.18. The van der Waals surface area contributed by atoms with E-state index in [-0.39, 0.29) is 30.4 Å². The predicted molar refractivity (Wildman–Crippen MR) is 162 cm³/mol. The van der Waals surface area contributed by atoms with Crippen molar-refractivity contribution in [2.24, 2.45) is 10.3 Å². The quantitative estimate of drug-likeness (QED) is 0.0880. The Balaban J connectivity index is 0.00000417. The average Bonchev–Trinajstić information content (AvgIpc) is 3.71. The van der Waals surface area contributed by atoms with Crippen molar-refractivity contribution in [2.75, 3.05) is 0 Å². The molecule has 0 saturated heterocycles. The van der Waals surface area contributed by atoms with Gasteiger partial charge in [0.25, 0.3) is 0 Å². The van der Waals surface area contributed by atoms with Crippen LogP contribution in [0.5, 0.6) is 6.01 Å². The van der Waals surface area contributed by atoms with Gasteiger partial charge >= 0.3 is 18.1 Å². The van der Waals surface area contributed by atoms with Gasteiger partial charge in [-0.05, 0) is 54.5 Å². The summed E-state index contributed by atoms with van der Waals surface area (Å²) in [6.45, 7) is 1.72.